The maximum Gasteiger partial charge on any atom is 0.273 e. The first-order chi connectivity index (χ1) is 14.4. The van der Waals surface area contributed by atoms with E-state index in [0.717, 1.165) is 22.3 Å². The summed E-state index contributed by atoms with van der Waals surface area (Å²) in [7, 11) is 1.84. The molecule has 1 atom stereocenters. The Morgan fingerprint density at radius 1 is 1.17 bits per heavy atom. The molecule has 8 heteroatoms. The second-order valence-electron chi connectivity index (χ2n) is 7.56. The minimum absolute atomic E-state index is 0.0632. The molecule has 2 aromatic carbocycles. The van der Waals surface area contributed by atoms with Gasteiger partial charge in [-0.2, -0.15) is 15.5 Å². The third kappa shape index (κ3) is 2.99. The fourth-order valence-electron chi connectivity index (χ4n) is 4.04. The van der Waals surface area contributed by atoms with Crippen molar-refractivity contribution in [2.75, 3.05) is 5.32 Å². The zero-order chi connectivity index (χ0) is 20.9. The van der Waals surface area contributed by atoms with Gasteiger partial charge in [0.15, 0.2) is 0 Å². The molecule has 1 aliphatic rings. The van der Waals surface area contributed by atoms with E-state index in [9.17, 15) is 8.78 Å². The van der Waals surface area contributed by atoms with Gasteiger partial charge in [0, 0.05) is 30.1 Å². The number of aryl methyl sites for hydroxylation is 1. The highest BCUT2D eigenvalue weighted by atomic mass is 19.3. The number of fused-ring (bicyclic) bond motifs is 2. The predicted octanol–water partition coefficient (Wildman–Crippen LogP) is 4.67. The summed E-state index contributed by atoms with van der Waals surface area (Å²) in [5, 5.41) is 22.1. The molecular weight excluding hydrogens is 386 g/mol. The van der Waals surface area contributed by atoms with Crippen molar-refractivity contribution in [2.24, 2.45) is 7.05 Å². The summed E-state index contributed by atoms with van der Waals surface area (Å²) in [5.74, 6) is -2.93. The highest BCUT2D eigenvalue weighted by Crippen LogP contribution is 2.45. The fourth-order valence-corrected chi connectivity index (χ4v) is 4.04. The molecule has 30 heavy (non-hydrogen) atoms. The van der Waals surface area contributed by atoms with E-state index in [1.54, 1.807) is 33.9 Å². The van der Waals surface area contributed by atoms with Crippen LogP contribution in [0.5, 0.6) is 0 Å². The summed E-state index contributed by atoms with van der Waals surface area (Å²) in [6, 6.07) is 12.1. The number of nitrogens with one attached hydrogen (secondary N) is 1. The lowest BCUT2D eigenvalue weighted by Crippen LogP contribution is -2.27. The molecule has 4 aromatic rings. The van der Waals surface area contributed by atoms with Gasteiger partial charge in [-0.05, 0) is 42.3 Å². The van der Waals surface area contributed by atoms with Crippen molar-refractivity contribution in [1.82, 2.24) is 19.6 Å². The lowest BCUT2D eigenvalue weighted by molar-refractivity contribution is -0.0241. The number of benzene rings is 2. The van der Waals surface area contributed by atoms with Gasteiger partial charge in [-0.25, -0.2) is 13.5 Å². The second kappa shape index (κ2) is 6.66. The van der Waals surface area contributed by atoms with E-state index in [1.807, 2.05) is 37.5 Å². The molecule has 0 saturated heterocycles. The first kappa shape index (κ1) is 18.3. The fraction of sp³-hybridized carbons (Fsp3) is 0.227. The molecule has 0 bridgehead atoms. The minimum Gasteiger partial charge on any atom is -0.378 e. The lowest BCUT2D eigenvalue weighted by atomic mass is 9.84. The highest BCUT2D eigenvalue weighted by Gasteiger charge is 2.40. The van der Waals surface area contributed by atoms with Crippen LogP contribution in [0, 0.1) is 11.3 Å². The summed E-state index contributed by atoms with van der Waals surface area (Å²) < 4.78 is 32.5. The third-order valence-corrected chi connectivity index (χ3v) is 5.55. The molecule has 0 amide bonds. The van der Waals surface area contributed by atoms with Gasteiger partial charge in [0.05, 0.1) is 41.8 Å². The van der Waals surface area contributed by atoms with Crippen LogP contribution in [0.25, 0.3) is 16.6 Å². The molecular formula is C22H18F2N6. The molecule has 0 radical (unpaired) electrons. The number of aromatic nitrogens is 4. The van der Waals surface area contributed by atoms with Crippen molar-refractivity contribution in [3.63, 3.8) is 0 Å². The molecule has 5 rings (SSSR count). The Bertz CT molecular complexity index is 1300. The van der Waals surface area contributed by atoms with Crippen molar-refractivity contribution in [3.05, 3.63) is 71.7 Å². The van der Waals surface area contributed by atoms with Crippen molar-refractivity contribution >= 4 is 16.6 Å². The molecule has 1 aliphatic carbocycles. The zero-order valence-electron chi connectivity index (χ0n) is 16.2. The number of halogens is 2. The van der Waals surface area contributed by atoms with Crippen LogP contribution in [-0.2, 0) is 13.0 Å². The van der Waals surface area contributed by atoms with Crippen LogP contribution in [-0.4, -0.2) is 19.6 Å². The van der Waals surface area contributed by atoms with E-state index in [4.69, 9.17) is 5.26 Å². The van der Waals surface area contributed by atoms with E-state index in [2.05, 4.69) is 15.5 Å². The van der Waals surface area contributed by atoms with E-state index in [0.29, 0.717) is 12.0 Å². The van der Waals surface area contributed by atoms with Crippen molar-refractivity contribution in [2.45, 2.75) is 24.8 Å². The van der Waals surface area contributed by atoms with Crippen molar-refractivity contribution in [1.29, 1.82) is 5.26 Å². The van der Waals surface area contributed by atoms with Crippen LogP contribution < -0.4 is 5.32 Å². The number of alkyl halides is 2. The van der Waals surface area contributed by atoms with E-state index >= 15 is 0 Å². The van der Waals surface area contributed by atoms with Gasteiger partial charge in [0.25, 0.3) is 5.92 Å². The number of rotatable bonds is 3. The Morgan fingerprint density at radius 3 is 2.80 bits per heavy atom. The van der Waals surface area contributed by atoms with Gasteiger partial charge in [-0.3, -0.25) is 4.68 Å². The van der Waals surface area contributed by atoms with Crippen LogP contribution in [0.3, 0.4) is 0 Å². The summed E-state index contributed by atoms with van der Waals surface area (Å²) >= 11 is 0. The second-order valence-corrected chi connectivity index (χ2v) is 7.56. The van der Waals surface area contributed by atoms with Crippen LogP contribution in [0.4, 0.5) is 14.5 Å². The average molecular weight is 404 g/mol. The normalized spacial score (nSPS) is 17.5. The van der Waals surface area contributed by atoms with E-state index < -0.39 is 5.92 Å². The summed E-state index contributed by atoms with van der Waals surface area (Å²) in [6.45, 7) is 0. The Labute approximate surface area is 171 Å². The van der Waals surface area contributed by atoms with E-state index in [-0.39, 0.29) is 23.6 Å². The topological polar surface area (TPSA) is 71.5 Å². The Hall–Kier alpha value is -3.73. The average Bonchev–Trinajstić information content (AvgIpc) is 3.35. The van der Waals surface area contributed by atoms with Crippen LogP contribution in [0.2, 0.25) is 0 Å². The zero-order valence-corrected chi connectivity index (χ0v) is 16.2. The number of nitrogens with zero attached hydrogens (tertiary/aromatic N) is 5. The molecule has 0 fully saturated rings. The number of nitriles is 1. The third-order valence-electron chi connectivity index (χ3n) is 5.55. The molecule has 2 heterocycles. The Morgan fingerprint density at radius 2 is 2.03 bits per heavy atom. The number of anilines is 1. The van der Waals surface area contributed by atoms with E-state index in [1.165, 1.54) is 6.07 Å². The molecule has 150 valence electrons. The van der Waals surface area contributed by atoms with Crippen LogP contribution in [0.1, 0.15) is 35.6 Å². The van der Waals surface area contributed by atoms with Gasteiger partial charge >= 0.3 is 0 Å². The highest BCUT2D eigenvalue weighted by molar-refractivity contribution is 5.83. The molecule has 1 unspecified atom stereocenters. The predicted molar refractivity (Wildman–Crippen MR) is 108 cm³/mol. The quantitative estimate of drug-likeness (QED) is 0.539. The Kier molecular flexibility index (Phi) is 4.07. The monoisotopic (exact) mass is 404 g/mol. The first-order valence-electron chi connectivity index (χ1n) is 9.60. The van der Waals surface area contributed by atoms with Crippen LogP contribution >= 0.6 is 0 Å². The SMILES string of the molecule is Cn1cc(-n2ncc3ccc(NC4CCC(F)(F)c5cc(C#N)ccc54)cc32)cn1. The largest absolute Gasteiger partial charge is 0.378 e. The molecule has 1 N–H and O–H groups in total. The maximum atomic E-state index is 14.5. The molecule has 6 nitrogen and oxygen atoms in total. The standard InChI is InChI=1S/C22H18F2N6/c1-29-13-17(12-26-29)30-21-9-16(4-3-15(21)11-27-30)28-20-6-7-22(23,24)19-8-14(10-25)2-5-18(19)20/h2-5,8-9,11-13,20,28H,6-7H2,1H3. The summed E-state index contributed by atoms with van der Waals surface area (Å²) in [5.41, 5.74) is 3.28. The minimum atomic E-state index is -2.93. The van der Waals surface area contributed by atoms with Crippen molar-refractivity contribution in [3.8, 4) is 11.8 Å². The maximum absolute atomic E-state index is 14.5. The molecule has 2 aromatic heterocycles. The van der Waals surface area contributed by atoms with Gasteiger partial charge in [-0.1, -0.05) is 6.07 Å². The summed E-state index contributed by atoms with van der Waals surface area (Å²) in [6.07, 6.45) is 5.43. The number of hydrogen-bond acceptors (Lipinski definition) is 4. The summed E-state index contributed by atoms with van der Waals surface area (Å²) in [4.78, 5) is 0. The van der Waals surface area contributed by atoms with Crippen LogP contribution in [0.15, 0.2) is 55.0 Å². The van der Waals surface area contributed by atoms with Gasteiger partial charge < -0.3 is 5.32 Å². The number of hydrogen-bond donors (Lipinski definition) is 1. The van der Waals surface area contributed by atoms with Crippen molar-refractivity contribution < 1.29 is 8.78 Å². The smallest absolute Gasteiger partial charge is 0.273 e. The lowest BCUT2D eigenvalue weighted by Gasteiger charge is -2.32. The van der Waals surface area contributed by atoms with Gasteiger partial charge in [-0.15, -0.1) is 0 Å². The van der Waals surface area contributed by atoms with Gasteiger partial charge in [0.2, 0.25) is 0 Å². The molecule has 0 saturated carbocycles. The molecule has 0 aliphatic heterocycles. The first-order valence-corrected chi connectivity index (χ1v) is 9.60. The Balaban J connectivity index is 1.51. The van der Waals surface area contributed by atoms with Gasteiger partial charge in [0.1, 0.15) is 5.69 Å². The molecule has 0 spiro atoms.